The van der Waals surface area contributed by atoms with Crippen LogP contribution in [0.2, 0.25) is 0 Å². The highest BCUT2D eigenvalue weighted by atomic mass is 16.3. The lowest BCUT2D eigenvalue weighted by Gasteiger charge is -2.26. The summed E-state index contributed by atoms with van der Waals surface area (Å²) in [5.41, 5.74) is 13.4. The van der Waals surface area contributed by atoms with Crippen molar-refractivity contribution >= 4 is 60.5 Å². The molecule has 10 rings (SSSR count). The summed E-state index contributed by atoms with van der Waals surface area (Å²) >= 11 is 0. The van der Waals surface area contributed by atoms with Crippen molar-refractivity contribution in [1.29, 1.82) is 0 Å². The first-order valence-electron chi connectivity index (χ1n) is 19.4. The van der Waals surface area contributed by atoms with Gasteiger partial charge in [0.05, 0.1) is 0 Å². The van der Waals surface area contributed by atoms with E-state index < -0.39 is 0 Å². The van der Waals surface area contributed by atoms with Crippen LogP contribution >= 0.6 is 0 Å². The average Bonchev–Trinajstić information content (AvgIpc) is 3.63. The van der Waals surface area contributed by atoms with Crippen molar-refractivity contribution in [3.05, 3.63) is 200 Å². The summed E-state index contributed by atoms with van der Waals surface area (Å²) < 4.78 is 6.76. The highest BCUT2D eigenvalue weighted by molar-refractivity contribution is 6.10. The molecule has 2 heteroatoms. The van der Waals surface area contributed by atoms with Crippen LogP contribution < -0.4 is 4.90 Å². The first kappa shape index (κ1) is 33.7. The molecule has 0 unspecified atom stereocenters. The van der Waals surface area contributed by atoms with Gasteiger partial charge in [-0.2, -0.15) is 0 Å². The van der Waals surface area contributed by atoms with E-state index in [9.17, 15) is 0 Å². The van der Waals surface area contributed by atoms with Gasteiger partial charge >= 0.3 is 0 Å². The number of furan rings is 1. The van der Waals surface area contributed by atoms with Gasteiger partial charge in [0.1, 0.15) is 11.2 Å². The SMILES string of the molecule is CC(C)(C)c1cccc2c1oc1c(-c3ccc(N(c4ccc(-c5cccc6ccccc56)cc4)c4cccc(-c5cccc6ccccc56)c4)cc3)cccc12. The number of anilines is 3. The highest BCUT2D eigenvalue weighted by Gasteiger charge is 2.22. The number of para-hydroxylation sites is 2. The van der Waals surface area contributed by atoms with E-state index in [2.05, 4.69) is 220 Å². The van der Waals surface area contributed by atoms with Gasteiger partial charge in [0, 0.05) is 39.0 Å². The molecule has 0 amide bonds. The maximum Gasteiger partial charge on any atom is 0.143 e. The quantitative estimate of drug-likeness (QED) is 0.170. The van der Waals surface area contributed by atoms with E-state index in [4.69, 9.17) is 4.42 Å². The van der Waals surface area contributed by atoms with Gasteiger partial charge < -0.3 is 9.32 Å². The minimum Gasteiger partial charge on any atom is -0.455 e. The predicted octanol–water partition coefficient (Wildman–Crippen LogP) is 15.7. The minimum absolute atomic E-state index is 0.0311. The molecule has 1 heterocycles. The lowest BCUT2D eigenvalue weighted by Crippen LogP contribution is -2.10. The third-order valence-corrected chi connectivity index (χ3v) is 11.2. The summed E-state index contributed by atoms with van der Waals surface area (Å²) in [6.07, 6.45) is 0. The van der Waals surface area contributed by atoms with Crippen molar-refractivity contribution in [3.8, 4) is 33.4 Å². The van der Waals surface area contributed by atoms with Gasteiger partial charge in [-0.1, -0.05) is 178 Å². The van der Waals surface area contributed by atoms with E-state index in [-0.39, 0.29) is 5.41 Å². The molecule has 0 aliphatic heterocycles. The summed E-state index contributed by atoms with van der Waals surface area (Å²) in [4.78, 5) is 2.36. The second-order valence-electron chi connectivity index (χ2n) is 15.7. The van der Waals surface area contributed by atoms with Gasteiger partial charge in [0.2, 0.25) is 0 Å². The van der Waals surface area contributed by atoms with Crippen molar-refractivity contribution in [2.75, 3.05) is 4.90 Å². The molecule has 0 radical (unpaired) electrons. The van der Waals surface area contributed by atoms with Gasteiger partial charge in [-0.05, 0) is 91.2 Å². The number of nitrogens with zero attached hydrogens (tertiary/aromatic N) is 1. The van der Waals surface area contributed by atoms with E-state index in [1.54, 1.807) is 0 Å². The molecule has 2 nitrogen and oxygen atoms in total. The van der Waals surface area contributed by atoms with Crippen LogP contribution in [0.3, 0.4) is 0 Å². The molecular weight excluding hydrogens is 679 g/mol. The number of hydrogen-bond donors (Lipinski definition) is 0. The van der Waals surface area contributed by atoms with Crippen LogP contribution in [0.15, 0.2) is 199 Å². The smallest absolute Gasteiger partial charge is 0.143 e. The number of hydrogen-bond acceptors (Lipinski definition) is 2. The third kappa shape index (κ3) is 5.82. The Morgan fingerprint density at radius 3 is 1.45 bits per heavy atom. The van der Waals surface area contributed by atoms with E-state index >= 15 is 0 Å². The van der Waals surface area contributed by atoms with Gasteiger partial charge in [0.15, 0.2) is 0 Å². The molecule has 0 saturated heterocycles. The van der Waals surface area contributed by atoms with E-state index in [1.807, 2.05) is 0 Å². The largest absolute Gasteiger partial charge is 0.455 e. The summed E-state index contributed by atoms with van der Waals surface area (Å²) in [5, 5.41) is 7.29. The Morgan fingerprint density at radius 2 is 0.821 bits per heavy atom. The first-order chi connectivity index (χ1) is 27.4. The Bertz CT molecular complexity index is 3040. The van der Waals surface area contributed by atoms with E-state index in [1.165, 1.54) is 49.4 Å². The second kappa shape index (κ2) is 13.4. The van der Waals surface area contributed by atoms with Gasteiger partial charge in [0.25, 0.3) is 0 Å². The van der Waals surface area contributed by atoms with Crippen LogP contribution in [0.1, 0.15) is 26.3 Å². The molecule has 0 saturated carbocycles. The standard InChI is InChI=1S/C54H41NO/c1-54(2,3)51-26-12-25-50-49-24-11-23-48(52(49)56-53(50)51)39-29-33-42(34-30-39)55(41-31-27-38(28-32-41)46-21-9-15-36-13-4-6-19-44(36)46)43-18-8-17-40(35-43)47-22-10-16-37-14-5-7-20-45(37)47/h4-35H,1-3H3. The Labute approximate surface area is 327 Å². The Hall–Kier alpha value is -6.90. The molecule has 268 valence electrons. The lowest BCUT2D eigenvalue weighted by molar-refractivity contribution is 0.573. The minimum atomic E-state index is -0.0311. The average molecular weight is 720 g/mol. The van der Waals surface area contributed by atoms with Crippen LogP contribution in [-0.4, -0.2) is 0 Å². The second-order valence-corrected chi connectivity index (χ2v) is 15.7. The van der Waals surface area contributed by atoms with E-state index in [0.717, 1.165) is 50.1 Å². The van der Waals surface area contributed by atoms with Crippen molar-refractivity contribution < 1.29 is 4.42 Å². The van der Waals surface area contributed by atoms with Crippen molar-refractivity contribution in [3.63, 3.8) is 0 Å². The molecular formula is C54H41NO. The maximum atomic E-state index is 6.76. The summed E-state index contributed by atoms with van der Waals surface area (Å²) in [7, 11) is 0. The third-order valence-electron chi connectivity index (χ3n) is 11.2. The molecule has 0 spiro atoms. The van der Waals surface area contributed by atoms with Crippen molar-refractivity contribution in [2.24, 2.45) is 0 Å². The van der Waals surface area contributed by atoms with Gasteiger partial charge in [-0.3, -0.25) is 0 Å². The lowest BCUT2D eigenvalue weighted by atomic mass is 9.86. The highest BCUT2D eigenvalue weighted by Crippen LogP contribution is 2.43. The Morgan fingerprint density at radius 1 is 0.357 bits per heavy atom. The zero-order valence-electron chi connectivity index (χ0n) is 31.8. The molecule has 56 heavy (non-hydrogen) atoms. The molecule has 10 aromatic rings. The summed E-state index contributed by atoms with van der Waals surface area (Å²) in [6, 6.07) is 70.2. The monoisotopic (exact) mass is 719 g/mol. The van der Waals surface area contributed by atoms with Crippen LogP contribution in [0.4, 0.5) is 17.1 Å². The molecule has 0 atom stereocenters. The molecule has 1 aromatic heterocycles. The predicted molar refractivity (Wildman–Crippen MR) is 238 cm³/mol. The van der Waals surface area contributed by atoms with Crippen LogP contribution in [0.25, 0.3) is 76.9 Å². The Kier molecular flexibility index (Phi) is 8.08. The zero-order valence-corrected chi connectivity index (χ0v) is 31.8. The summed E-state index contributed by atoms with van der Waals surface area (Å²) in [5.74, 6) is 0. The van der Waals surface area contributed by atoms with Crippen molar-refractivity contribution in [2.45, 2.75) is 26.2 Å². The van der Waals surface area contributed by atoms with Crippen LogP contribution in [0, 0.1) is 0 Å². The molecule has 0 fully saturated rings. The Balaban J connectivity index is 1.09. The van der Waals surface area contributed by atoms with E-state index in [0.29, 0.717) is 0 Å². The van der Waals surface area contributed by atoms with Crippen molar-refractivity contribution in [1.82, 2.24) is 0 Å². The number of fused-ring (bicyclic) bond motifs is 5. The zero-order chi connectivity index (χ0) is 37.8. The molecule has 9 aromatic carbocycles. The normalized spacial score (nSPS) is 11.8. The van der Waals surface area contributed by atoms with Crippen LogP contribution in [0.5, 0.6) is 0 Å². The molecule has 0 aliphatic carbocycles. The fraction of sp³-hybridized carbons (Fsp3) is 0.0741. The topological polar surface area (TPSA) is 16.4 Å². The van der Waals surface area contributed by atoms with Crippen LogP contribution in [-0.2, 0) is 5.41 Å². The fourth-order valence-corrected chi connectivity index (χ4v) is 8.43. The molecule has 0 N–H and O–H groups in total. The number of rotatable bonds is 6. The number of benzene rings is 9. The maximum absolute atomic E-state index is 6.76. The summed E-state index contributed by atoms with van der Waals surface area (Å²) in [6.45, 7) is 6.74. The first-order valence-corrected chi connectivity index (χ1v) is 19.4. The molecule has 0 aliphatic rings. The van der Waals surface area contributed by atoms with Gasteiger partial charge in [-0.25, -0.2) is 0 Å². The fourth-order valence-electron chi connectivity index (χ4n) is 8.43. The van der Waals surface area contributed by atoms with Gasteiger partial charge in [-0.15, -0.1) is 0 Å². The molecule has 0 bridgehead atoms.